The van der Waals surface area contributed by atoms with Gasteiger partial charge in [-0.1, -0.05) is 97.3 Å². The molecule has 0 aromatic carbocycles. The highest BCUT2D eigenvalue weighted by Crippen LogP contribution is 2.12. The molecule has 5 nitrogen and oxygen atoms in total. The van der Waals surface area contributed by atoms with Crippen LogP contribution >= 0.6 is 0 Å². The molecule has 180 valence electrons. The molecule has 0 saturated heterocycles. The summed E-state index contributed by atoms with van der Waals surface area (Å²) in [7, 11) is 0. The van der Waals surface area contributed by atoms with Gasteiger partial charge in [-0.25, -0.2) is 13.9 Å². The number of nitrogens with zero attached hydrogens (tertiary/aromatic N) is 2. The Morgan fingerprint density at radius 1 is 0.806 bits per heavy atom. The number of alkyl carbamates (subject to hydrolysis) is 1. The van der Waals surface area contributed by atoms with E-state index >= 15 is 0 Å². The van der Waals surface area contributed by atoms with Gasteiger partial charge in [0.2, 0.25) is 6.33 Å². The van der Waals surface area contributed by atoms with Crippen LogP contribution in [0, 0.1) is 0 Å². The summed E-state index contributed by atoms with van der Waals surface area (Å²) in [5, 5.41) is 2.77. The van der Waals surface area contributed by atoms with Crippen LogP contribution in [0.1, 0.15) is 117 Å². The second-order valence-electron chi connectivity index (χ2n) is 8.90. The molecule has 0 atom stereocenters. The fraction of sp³-hybridized carbons (Fsp3) is 0.846. The lowest BCUT2D eigenvalue weighted by atomic mass is 10.0. The van der Waals surface area contributed by atoms with Crippen molar-refractivity contribution in [1.82, 2.24) is 9.88 Å². The van der Waals surface area contributed by atoms with E-state index in [1.165, 1.54) is 89.9 Å². The maximum absolute atomic E-state index is 11.5. The predicted molar refractivity (Wildman–Crippen MR) is 129 cm³/mol. The highest BCUT2D eigenvalue weighted by molar-refractivity contribution is 5.66. The van der Waals surface area contributed by atoms with Gasteiger partial charge < -0.3 is 10.1 Å². The number of hydrogen-bond acceptors (Lipinski definition) is 2. The average Bonchev–Trinajstić information content (AvgIpc) is 3.22. The Morgan fingerprint density at radius 2 is 1.35 bits per heavy atom. The van der Waals surface area contributed by atoms with Gasteiger partial charge in [-0.05, 0) is 19.3 Å². The summed E-state index contributed by atoms with van der Waals surface area (Å²) in [4.78, 5) is 11.5. The van der Waals surface area contributed by atoms with E-state index in [4.69, 9.17) is 4.74 Å². The van der Waals surface area contributed by atoms with Crippen molar-refractivity contribution in [3.05, 3.63) is 18.7 Å². The van der Waals surface area contributed by atoms with Gasteiger partial charge in [-0.2, -0.15) is 0 Å². The van der Waals surface area contributed by atoms with Crippen LogP contribution in [-0.2, 0) is 17.8 Å². The zero-order valence-electron chi connectivity index (χ0n) is 20.6. The van der Waals surface area contributed by atoms with E-state index in [1.807, 2.05) is 0 Å². The molecule has 0 aliphatic carbocycles. The Bertz CT molecular complexity index is 530. The average molecular weight is 437 g/mol. The highest BCUT2D eigenvalue weighted by Gasteiger charge is 2.06. The van der Waals surface area contributed by atoms with Crippen molar-refractivity contribution in [2.75, 3.05) is 13.2 Å². The van der Waals surface area contributed by atoms with Gasteiger partial charge in [0.1, 0.15) is 25.5 Å². The van der Waals surface area contributed by atoms with E-state index in [0.717, 1.165) is 19.4 Å². The monoisotopic (exact) mass is 436 g/mol. The lowest BCUT2D eigenvalue weighted by Gasteiger charge is -2.04. The van der Waals surface area contributed by atoms with Crippen LogP contribution in [0.25, 0.3) is 0 Å². The minimum Gasteiger partial charge on any atom is -0.445 e. The standard InChI is InChI=1S/C26H49N3O2/c1-3-5-7-8-9-10-11-12-13-14-15-16-17-18-20-28-21-22-29(25-28)23-24-31-26(30)27-19-6-4-2/h21-22,25H,3-20,23-24H2,1-2H3/p+1. The summed E-state index contributed by atoms with van der Waals surface area (Å²) >= 11 is 0. The molecule has 0 fully saturated rings. The van der Waals surface area contributed by atoms with Crippen LogP contribution in [0.5, 0.6) is 0 Å². The molecule has 5 heteroatoms. The van der Waals surface area contributed by atoms with Crippen molar-refractivity contribution in [3.63, 3.8) is 0 Å². The summed E-state index contributed by atoms with van der Waals surface area (Å²) < 4.78 is 9.53. The van der Waals surface area contributed by atoms with Gasteiger partial charge in [0, 0.05) is 6.54 Å². The third-order valence-corrected chi connectivity index (χ3v) is 5.90. The topological polar surface area (TPSA) is 47.1 Å². The Balaban J connectivity index is 1.89. The van der Waals surface area contributed by atoms with Crippen molar-refractivity contribution in [2.24, 2.45) is 0 Å². The number of amides is 1. The SMILES string of the molecule is CCCCCCCCCCCCCCCC[n+]1ccn(CCOC(=O)NCCCC)c1. The molecular weight excluding hydrogens is 386 g/mol. The molecule has 0 aliphatic heterocycles. The summed E-state index contributed by atoms with van der Waals surface area (Å²) in [5.74, 6) is 0. The molecule has 0 spiro atoms. The highest BCUT2D eigenvalue weighted by atomic mass is 16.5. The van der Waals surface area contributed by atoms with E-state index in [9.17, 15) is 4.79 Å². The first kappa shape index (κ1) is 27.5. The van der Waals surface area contributed by atoms with Crippen LogP contribution in [0.2, 0.25) is 0 Å². The van der Waals surface area contributed by atoms with Crippen LogP contribution < -0.4 is 9.88 Å². The molecule has 1 rings (SSSR count). The van der Waals surface area contributed by atoms with Crippen molar-refractivity contribution in [2.45, 2.75) is 130 Å². The minimum absolute atomic E-state index is 0.309. The van der Waals surface area contributed by atoms with Crippen LogP contribution in [0.3, 0.4) is 0 Å². The molecule has 0 saturated carbocycles. The van der Waals surface area contributed by atoms with Gasteiger partial charge in [-0.15, -0.1) is 0 Å². The van der Waals surface area contributed by atoms with Gasteiger partial charge in [-0.3, -0.25) is 0 Å². The molecule has 0 bridgehead atoms. The summed E-state index contributed by atoms with van der Waals surface area (Å²) in [6.07, 6.45) is 27.6. The summed E-state index contributed by atoms with van der Waals surface area (Å²) in [5.41, 5.74) is 0. The number of ether oxygens (including phenoxy) is 1. The zero-order chi connectivity index (χ0) is 22.4. The maximum atomic E-state index is 11.5. The van der Waals surface area contributed by atoms with E-state index in [0.29, 0.717) is 19.7 Å². The molecule has 0 unspecified atom stereocenters. The number of carbonyl (C=O) groups excluding carboxylic acids is 1. The second-order valence-corrected chi connectivity index (χ2v) is 8.90. The largest absolute Gasteiger partial charge is 0.445 e. The first-order chi connectivity index (χ1) is 15.3. The molecule has 0 aliphatic rings. The Kier molecular flexibility index (Phi) is 18.1. The normalized spacial score (nSPS) is 11.0. The van der Waals surface area contributed by atoms with E-state index in [-0.39, 0.29) is 6.09 Å². The van der Waals surface area contributed by atoms with Gasteiger partial charge in [0.05, 0.1) is 6.54 Å². The van der Waals surface area contributed by atoms with Crippen LogP contribution in [-0.4, -0.2) is 23.8 Å². The molecule has 1 amide bonds. The van der Waals surface area contributed by atoms with Crippen molar-refractivity contribution in [1.29, 1.82) is 0 Å². The minimum atomic E-state index is -0.309. The molecular formula is C26H50N3O2+. The number of carbonyl (C=O) groups is 1. The van der Waals surface area contributed by atoms with Gasteiger partial charge in [0.15, 0.2) is 0 Å². The number of hydrogen-bond donors (Lipinski definition) is 1. The number of rotatable bonds is 21. The fourth-order valence-electron chi connectivity index (χ4n) is 3.85. The summed E-state index contributed by atoms with van der Waals surface area (Å²) in [6, 6.07) is 0. The van der Waals surface area contributed by atoms with E-state index < -0.39 is 0 Å². The first-order valence-electron chi connectivity index (χ1n) is 13.2. The Morgan fingerprint density at radius 3 is 1.94 bits per heavy atom. The Labute approximate surface area is 191 Å². The van der Waals surface area contributed by atoms with E-state index in [1.54, 1.807) is 0 Å². The molecule has 1 aromatic heterocycles. The van der Waals surface area contributed by atoms with Crippen LogP contribution in [0.15, 0.2) is 18.7 Å². The first-order valence-corrected chi connectivity index (χ1v) is 13.2. The zero-order valence-corrected chi connectivity index (χ0v) is 20.6. The molecule has 1 N–H and O–H groups in total. The second kappa shape index (κ2) is 20.4. The lowest BCUT2D eigenvalue weighted by molar-refractivity contribution is -0.696. The Hall–Kier alpha value is -1.52. The third kappa shape index (κ3) is 16.8. The number of imidazole rings is 1. The van der Waals surface area contributed by atoms with Gasteiger partial charge in [0.25, 0.3) is 0 Å². The number of aromatic nitrogens is 2. The number of nitrogens with one attached hydrogen (secondary N) is 1. The van der Waals surface area contributed by atoms with Crippen molar-refractivity contribution in [3.8, 4) is 0 Å². The fourth-order valence-corrected chi connectivity index (χ4v) is 3.85. The van der Waals surface area contributed by atoms with Gasteiger partial charge >= 0.3 is 6.09 Å². The number of unbranched alkanes of at least 4 members (excludes halogenated alkanes) is 14. The van der Waals surface area contributed by atoms with Crippen molar-refractivity contribution < 1.29 is 14.1 Å². The van der Waals surface area contributed by atoms with E-state index in [2.05, 4.69) is 47.0 Å². The molecule has 1 aromatic rings. The smallest absolute Gasteiger partial charge is 0.407 e. The quantitative estimate of drug-likeness (QED) is 0.170. The molecule has 1 heterocycles. The van der Waals surface area contributed by atoms with Crippen molar-refractivity contribution >= 4 is 6.09 Å². The predicted octanol–water partition coefficient (Wildman–Crippen LogP) is 6.78. The lowest BCUT2D eigenvalue weighted by Crippen LogP contribution is -2.31. The molecule has 31 heavy (non-hydrogen) atoms. The molecule has 0 radical (unpaired) electrons. The maximum Gasteiger partial charge on any atom is 0.407 e. The summed E-state index contributed by atoms with van der Waals surface area (Å²) in [6.45, 7) is 7.26. The third-order valence-electron chi connectivity index (χ3n) is 5.90. The van der Waals surface area contributed by atoms with Crippen LogP contribution in [0.4, 0.5) is 4.79 Å². The number of aryl methyl sites for hydroxylation is 1.